The Bertz CT molecular complexity index is 557. The van der Waals surface area contributed by atoms with Gasteiger partial charge in [-0.3, -0.25) is 4.79 Å². The average Bonchev–Trinajstić information content (AvgIpc) is 2.65. The number of rotatable bonds is 7. The van der Waals surface area contributed by atoms with Crippen LogP contribution in [-0.4, -0.2) is 47.4 Å². The fourth-order valence-electron chi connectivity index (χ4n) is 3.71. The summed E-state index contributed by atoms with van der Waals surface area (Å²) in [5, 5.41) is 0. The Hall–Kier alpha value is -2.04. The molecule has 0 aromatic heterocycles. The van der Waals surface area contributed by atoms with Gasteiger partial charge in [0.25, 0.3) is 0 Å². The van der Waals surface area contributed by atoms with Crippen molar-refractivity contribution in [2.24, 2.45) is 11.7 Å². The summed E-state index contributed by atoms with van der Waals surface area (Å²) in [6.45, 7) is 6.10. The van der Waals surface area contributed by atoms with Gasteiger partial charge >= 0.3 is 6.03 Å². The van der Waals surface area contributed by atoms with E-state index in [1.807, 2.05) is 23.1 Å². The Morgan fingerprint density at radius 1 is 1.24 bits per heavy atom. The summed E-state index contributed by atoms with van der Waals surface area (Å²) >= 11 is 0. The first-order chi connectivity index (χ1) is 12.1. The van der Waals surface area contributed by atoms with Gasteiger partial charge in [-0.15, -0.1) is 0 Å². The molecule has 1 aliphatic heterocycles. The lowest BCUT2D eigenvalue weighted by Gasteiger charge is -2.37. The van der Waals surface area contributed by atoms with E-state index in [1.165, 1.54) is 5.56 Å². The van der Waals surface area contributed by atoms with E-state index in [0.29, 0.717) is 13.1 Å². The Balaban J connectivity index is 2.08. The quantitative estimate of drug-likeness (QED) is 0.825. The summed E-state index contributed by atoms with van der Waals surface area (Å²) < 4.78 is 0. The van der Waals surface area contributed by atoms with Gasteiger partial charge in [-0.2, -0.15) is 0 Å². The lowest BCUT2D eigenvalue weighted by molar-refractivity contribution is -0.139. The van der Waals surface area contributed by atoms with Crippen molar-refractivity contribution in [2.75, 3.05) is 19.6 Å². The number of benzene rings is 1. The second kappa shape index (κ2) is 9.44. The minimum Gasteiger partial charge on any atom is -0.351 e. The third-order valence-electron chi connectivity index (χ3n) is 5.23. The van der Waals surface area contributed by atoms with Gasteiger partial charge in [0, 0.05) is 25.7 Å². The smallest absolute Gasteiger partial charge is 0.314 e. The molecule has 0 saturated carbocycles. The lowest BCUT2D eigenvalue weighted by Crippen LogP contribution is -2.51. The number of hydrogen-bond acceptors (Lipinski definition) is 2. The highest BCUT2D eigenvalue weighted by atomic mass is 16.2. The molecular formula is C20H31N3O2. The molecule has 1 atom stereocenters. The number of hydrogen-bond donors (Lipinski definition) is 1. The van der Waals surface area contributed by atoms with Crippen molar-refractivity contribution >= 4 is 11.9 Å². The molecule has 1 heterocycles. The summed E-state index contributed by atoms with van der Waals surface area (Å²) in [5.41, 5.74) is 6.66. The normalized spacial score (nSPS) is 17.6. The minimum atomic E-state index is -0.420. The Morgan fingerprint density at radius 3 is 2.52 bits per heavy atom. The van der Waals surface area contributed by atoms with Gasteiger partial charge in [0.05, 0.1) is 5.92 Å². The molecule has 1 unspecified atom stereocenters. The molecule has 1 saturated heterocycles. The highest BCUT2D eigenvalue weighted by molar-refractivity contribution is 5.81. The van der Waals surface area contributed by atoms with Gasteiger partial charge in [0.2, 0.25) is 5.91 Å². The second-order valence-electron chi connectivity index (χ2n) is 6.86. The van der Waals surface area contributed by atoms with Crippen molar-refractivity contribution in [3.63, 3.8) is 0 Å². The third kappa shape index (κ3) is 5.21. The van der Waals surface area contributed by atoms with E-state index in [0.717, 1.165) is 38.6 Å². The van der Waals surface area contributed by atoms with Crippen LogP contribution in [0.4, 0.5) is 4.79 Å². The first kappa shape index (κ1) is 19.3. The number of amides is 3. The van der Waals surface area contributed by atoms with Crippen molar-refractivity contribution < 1.29 is 9.59 Å². The van der Waals surface area contributed by atoms with Gasteiger partial charge in [-0.05, 0) is 37.7 Å². The fourth-order valence-corrected chi connectivity index (χ4v) is 3.71. The number of carbonyl (C=O) groups is 2. The summed E-state index contributed by atoms with van der Waals surface area (Å²) in [4.78, 5) is 28.3. The predicted molar refractivity (Wildman–Crippen MR) is 100 cm³/mol. The molecule has 0 radical (unpaired) electrons. The van der Waals surface area contributed by atoms with Crippen LogP contribution in [0.5, 0.6) is 0 Å². The average molecular weight is 345 g/mol. The molecule has 0 aliphatic carbocycles. The van der Waals surface area contributed by atoms with Crippen molar-refractivity contribution in [3.05, 3.63) is 35.9 Å². The van der Waals surface area contributed by atoms with E-state index in [9.17, 15) is 9.59 Å². The van der Waals surface area contributed by atoms with Gasteiger partial charge in [0.15, 0.2) is 0 Å². The van der Waals surface area contributed by atoms with Gasteiger partial charge < -0.3 is 15.5 Å². The first-order valence-corrected chi connectivity index (χ1v) is 9.45. The maximum atomic E-state index is 13.2. The van der Waals surface area contributed by atoms with E-state index >= 15 is 0 Å². The summed E-state index contributed by atoms with van der Waals surface area (Å²) in [6.07, 6.45) is 4.43. The Labute approximate surface area is 151 Å². The highest BCUT2D eigenvalue weighted by Gasteiger charge is 2.32. The number of nitrogens with zero attached hydrogens (tertiary/aromatic N) is 2. The summed E-state index contributed by atoms with van der Waals surface area (Å²) in [7, 11) is 0. The van der Waals surface area contributed by atoms with Crippen LogP contribution in [0.1, 0.15) is 45.1 Å². The number of likely N-dealkylation sites (tertiary alicyclic amines) is 1. The van der Waals surface area contributed by atoms with Crippen LogP contribution < -0.4 is 5.73 Å². The maximum absolute atomic E-state index is 13.2. The number of carbonyl (C=O) groups excluding carboxylic acids is 2. The van der Waals surface area contributed by atoms with E-state index in [2.05, 4.69) is 26.0 Å². The van der Waals surface area contributed by atoms with E-state index in [4.69, 9.17) is 5.73 Å². The van der Waals surface area contributed by atoms with Crippen molar-refractivity contribution in [3.8, 4) is 0 Å². The molecule has 0 bridgehead atoms. The van der Waals surface area contributed by atoms with Crippen LogP contribution in [0.15, 0.2) is 30.3 Å². The minimum absolute atomic E-state index is 0.127. The molecule has 1 fully saturated rings. The van der Waals surface area contributed by atoms with Crippen LogP contribution in [-0.2, 0) is 11.2 Å². The number of nitrogens with two attached hydrogens (primary N) is 1. The van der Waals surface area contributed by atoms with Gasteiger partial charge in [-0.1, -0.05) is 44.2 Å². The summed E-state index contributed by atoms with van der Waals surface area (Å²) in [6, 6.07) is 10.1. The number of primary amides is 1. The molecule has 3 amide bonds. The zero-order valence-electron chi connectivity index (χ0n) is 15.5. The lowest BCUT2D eigenvalue weighted by atomic mass is 9.95. The van der Waals surface area contributed by atoms with Crippen LogP contribution in [0.3, 0.4) is 0 Å². The van der Waals surface area contributed by atoms with Crippen LogP contribution in [0.2, 0.25) is 0 Å². The molecular weight excluding hydrogens is 314 g/mol. The molecule has 25 heavy (non-hydrogen) atoms. The first-order valence-electron chi connectivity index (χ1n) is 9.45. The van der Waals surface area contributed by atoms with Crippen molar-refractivity contribution in [2.45, 2.75) is 52.0 Å². The van der Waals surface area contributed by atoms with Gasteiger partial charge in [0.1, 0.15) is 0 Å². The Kier molecular flexibility index (Phi) is 7.29. The summed E-state index contributed by atoms with van der Waals surface area (Å²) in [5.74, 6) is 0.0493. The standard InChI is InChI=1S/C20H31N3O2/c1-3-18(4-2)23(14-12-16-9-6-5-7-10-16)19(24)17-11-8-13-22(15-17)20(21)25/h5-7,9-10,17-18H,3-4,8,11-15H2,1-2H3,(H2,21,25). The van der Waals surface area contributed by atoms with E-state index < -0.39 is 6.03 Å². The van der Waals surface area contributed by atoms with Crippen LogP contribution in [0.25, 0.3) is 0 Å². The molecule has 1 aromatic rings. The monoisotopic (exact) mass is 345 g/mol. The van der Waals surface area contributed by atoms with Gasteiger partial charge in [-0.25, -0.2) is 4.79 Å². The van der Waals surface area contributed by atoms with Crippen LogP contribution >= 0.6 is 0 Å². The zero-order chi connectivity index (χ0) is 18.2. The third-order valence-corrected chi connectivity index (χ3v) is 5.23. The SMILES string of the molecule is CCC(CC)N(CCc1ccccc1)C(=O)C1CCCN(C(N)=O)C1. The predicted octanol–water partition coefficient (Wildman–Crippen LogP) is 3.04. The van der Waals surface area contributed by atoms with Crippen molar-refractivity contribution in [1.82, 2.24) is 9.80 Å². The molecule has 1 aliphatic rings. The fraction of sp³-hybridized carbons (Fsp3) is 0.600. The largest absolute Gasteiger partial charge is 0.351 e. The van der Waals surface area contributed by atoms with E-state index in [-0.39, 0.29) is 17.9 Å². The van der Waals surface area contributed by atoms with Crippen LogP contribution in [0, 0.1) is 5.92 Å². The molecule has 2 rings (SSSR count). The number of piperidine rings is 1. The molecule has 138 valence electrons. The molecule has 5 heteroatoms. The number of urea groups is 1. The zero-order valence-corrected chi connectivity index (χ0v) is 15.5. The van der Waals surface area contributed by atoms with E-state index in [1.54, 1.807) is 4.90 Å². The highest BCUT2D eigenvalue weighted by Crippen LogP contribution is 2.22. The topological polar surface area (TPSA) is 66.6 Å². The molecule has 2 N–H and O–H groups in total. The second-order valence-corrected chi connectivity index (χ2v) is 6.86. The van der Waals surface area contributed by atoms with Crippen molar-refractivity contribution in [1.29, 1.82) is 0 Å². The molecule has 1 aromatic carbocycles. The molecule has 5 nitrogen and oxygen atoms in total. The Morgan fingerprint density at radius 2 is 1.92 bits per heavy atom. The maximum Gasteiger partial charge on any atom is 0.314 e. The molecule has 0 spiro atoms.